The molecule has 1 saturated heterocycles. The van der Waals surface area contributed by atoms with Crippen molar-refractivity contribution in [1.29, 1.82) is 0 Å². The van der Waals surface area contributed by atoms with Crippen molar-refractivity contribution in [2.75, 3.05) is 98.2 Å². The number of nitrogens with one attached hydrogen (secondary N) is 6. The third-order valence-electron chi connectivity index (χ3n) is 15.0. The van der Waals surface area contributed by atoms with E-state index >= 15 is 0 Å². The largest absolute Gasteiger partial charge is 0.484 e. The zero-order valence-electron chi connectivity index (χ0n) is 68.0. The molecule has 4 atom stereocenters. The molecule has 0 aliphatic carbocycles. The fraction of sp³-hybridized carbons (Fsp3) is 0.692. The Morgan fingerprint density at radius 1 is 0.361 bits per heavy atom. The summed E-state index contributed by atoms with van der Waals surface area (Å²) in [6, 6.07) is 9.85. The summed E-state index contributed by atoms with van der Waals surface area (Å²) < 4.78 is 45.1. The van der Waals surface area contributed by atoms with Gasteiger partial charge in [0.1, 0.15) is 69.1 Å². The minimum absolute atomic E-state index is 0.0364. The average molecular weight is 1520 g/mol. The number of nitrogens with zero attached hydrogens (tertiary/aromatic N) is 4. The normalized spacial score (nSPS) is 15.5. The summed E-state index contributed by atoms with van der Waals surface area (Å²) >= 11 is 0. The molecule has 30 nitrogen and oxygen atoms in total. The van der Waals surface area contributed by atoms with Gasteiger partial charge in [0.15, 0.2) is 6.61 Å². The van der Waals surface area contributed by atoms with Crippen molar-refractivity contribution < 1.29 is 95.4 Å². The SMILES string of the molecule is CC(C)(C)OC(=O)CC[C@H](NC(=O)N[C@@H](CCCCNC(=O)[C@H](Cc1ccccc1)NC(=O)COc1ccc(C[C@H](NC(=O)CNC(=O)CN2CCN(CC(=O)OC(C)(C)C)CCN(CC(=O)OC(C)(C)C)CCN(CC(=O)OC(C)(C)C)CC2)C(=O)OC(C)(C)C)cc1)C(=O)OC(C)(C)C)C(=O)OC(C)(C)C. The van der Waals surface area contributed by atoms with E-state index in [-0.39, 0.29) is 83.7 Å². The molecule has 30 heteroatoms. The fourth-order valence-electron chi connectivity index (χ4n) is 10.6. The van der Waals surface area contributed by atoms with Crippen molar-refractivity contribution >= 4 is 71.4 Å². The van der Waals surface area contributed by atoms with Crippen LogP contribution in [0.25, 0.3) is 0 Å². The third-order valence-corrected chi connectivity index (χ3v) is 15.0. The van der Waals surface area contributed by atoms with Crippen LogP contribution in [0.3, 0.4) is 0 Å². The Kier molecular flexibility index (Phi) is 37.4. The molecular formula is C78H126N10O20. The van der Waals surface area contributed by atoms with Crippen molar-refractivity contribution in [3.05, 3.63) is 65.7 Å². The first kappa shape index (κ1) is 93.7. The Morgan fingerprint density at radius 2 is 0.722 bits per heavy atom. The van der Waals surface area contributed by atoms with Gasteiger partial charge in [-0.05, 0) is 194 Å². The molecule has 0 saturated carbocycles. The highest BCUT2D eigenvalue weighted by Crippen LogP contribution is 2.20. The highest BCUT2D eigenvalue weighted by Gasteiger charge is 2.34. The maximum Gasteiger partial charge on any atom is 0.329 e. The summed E-state index contributed by atoms with van der Waals surface area (Å²) in [7, 11) is 0. The molecule has 0 radical (unpaired) electrons. The van der Waals surface area contributed by atoms with Crippen LogP contribution in [0.1, 0.15) is 189 Å². The van der Waals surface area contributed by atoms with Gasteiger partial charge in [0.25, 0.3) is 5.91 Å². The Morgan fingerprint density at radius 3 is 1.14 bits per heavy atom. The maximum absolute atomic E-state index is 13.9. The second-order valence-corrected chi connectivity index (χ2v) is 33.9. The minimum Gasteiger partial charge on any atom is -0.484 e. The smallest absolute Gasteiger partial charge is 0.329 e. The highest BCUT2D eigenvalue weighted by atomic mass is 16.6. The monoisotopic (exact) mass is 1520 g/mol. The molecule has 1 aliphatic heterocycles. The van der Waals surface area contributed by atoms with E-state index in [0.29, 0.717) is 57.7 Å². The van der Waals surface area contributed by atoms with Crippen molar-refractivity contribution in [1.82, 2.24) is 51.5 Å². The van der Waals surface area contributed by atoms with Gasteiger partial charge in [-0.25, -0.2) is 19.2 Å². The second-order valence-electron chi connectivity index (χ2n) is 33.9. The average Bonchev–Trinajstić information content (AvgIpc) is 0.872. The minimum atomic E-state index is -1.28. The molecule has 1 aliphatic rings. The zero-order valence-corrected chi connectivity index (χ0v) is 68.0. The Hall–Kier alpha value is -8.48. The van der Waals surface area contributed by atoms with E-state index in [1.165, 1.54) is 0 Å². The number of benzene rings is 2. The number of carbonyl (C=O) groups is 12. The van der Waals surface area contributed by atoms with Crippen LogP contribution in [0.2, 0.25) is 0 Å². The molecular weight excluding hydrogens is 1400 g/mol. The molecule has 0 spiro atoms. The molecule has 3 rings (SSSR count). The van der Waals surface area contributed by atoms with E-state index in [9.17, 15) is 57.5 Å². The number of ether oxygens (including phenoxy) is 8. The summed E-state index contributed by atoms with van der Waals surface area (Å²) in [6.45, 7) is 37.4. The number of carbonyl (C=O) groups excluding carboxylic acids is 12. The van der Waals surface area contributed by atoms with Gasteiger partial charge in [0.05, 0.1) is 32.7 Å². The highest BCUT2D eigenvalue weighted by molar-refractivity contribution is 5.90. The quantitative estimate of drug-likeness (QED) is 0.0285. The first-order chi connectivity index (χ1) is 49.7. The van der Waals surface area contributed by atoms with Gasteiger partial charge in [-0.3, -0.25) is 58.0 Å². The predicted molar refractivity (Wildman–Crippen MR) is 405 cm³/mol. The van der Waals surface area contributed by atoms with Crippen LogP contribution < -0.4 is 36.6 Å². The lowest BCUT2D eigenvalue weighted by molar-refractivity contribution is -0.160. The molecule has 2 aromatic carbocycles. The van der Waals surface area contributed by atoms with E-state index in [4.69, 9.17) is 37.9 Å². The standard InChI is InChI=1S/C78H126N10O20/c1-72(2,3)102-63(92)35-34-57(69(98)107-77(16,17)18)84-71(100)83-56(68(97)106-76(13,14)15)29-25-26-36-79-67(96)58(45-53-27-23-22-24-28-53)81-62(91)52-101-55-32-30-54(31-33-55)46-59(70(99)108-78(19,20)21)82-60(89)47-80-61(90)48-85-37-39-86(49-64(93)103-73(4,5)6)41-43-88(51-66(95)105-75(10,11)12)44-42-87(40-38-85)50-65(94)104-74(7,8)9/h22-24,27-28,30-33,56-59H,25-26,29,34-52H2,1-21H3,(H,79,96)(H,80,90)(H,81,91)(H,82,89)(H2,83,84,100)/t56-,57-,58-,59-/m0/s1. The number of hydrogen-bond donors (Lipinski definition) is 6. The summed E-state index contributed by atoms with van der Waals surface area (Å²) in [5.41, 5.74) is -4.47. The molecule has 108 heavy (non-hydrogen) atoms. The van der Waals surface area contributed by atoms with Gasteiger partial charge in [-0.15, -0.1) is 0 Å². The van der Waals surface area contributed by atoms with E-state index in [0.717, 1.165) is 5.56 Å². The molecule has 0 aromatic heterocycles. The maximum atomic E-state index is 13.9. The molecule has 608 valence electrons. The van der Waals surface area contributed by atoms with Gasteiger partial charge in [-0.1, -0.05) is 42.5 Å². The zero-order chi connectivity index (χ0) is 81.6. The molecule has 0 bridgehead atoms. The number of unbranched alkanes of at least 4 members (excludes halogenated alkanes) is 1. The molecule has 0 unspecified atom stereocenters. The van der Waals surface area contributed by atoms with Crippen LogP contribution in [0.15, 0.2) is 54.6 Å². The second kappa shape index (κ2) is 43.1. The number of rotatable bonds is 33. The van der Waals surface area contributed by atoms with Crippen molar-refractivity contribution in [3.63, 3.8) is 0 Å². The van der Waals surface area contributed by atoms with Crippen molar-refractivity contribution in [2.45, 2.75) is 254 Å². The summed E-state index contributed by atoms with van der Waals surface area (Å²) in [6.07, 6.45) is 0.394. The number of hydrogen-bond acceptors (Lipinski definition) is 24. The van der Waals surface area contributed by atoms with Crippen molar-refractivity contribution in [2.24, 2.45) is 0 Å². The van der Waals surface area contributed by atoms with Gasteiger partial charge >= 0.3 is 47.8 Å². The lowest BCUT2D eigenvalue weighted by Crippen LogP contribution is -2.53. The lowest BCUT2D eigenvalue weighted by Gasteiger charge is -2.34. The lowest BCUT2D eigenvalue weighted by atomic mass is 10.0. The number of urea groups is 1. The first-order valence-corrected chi connectivity index (χ1v) is 37.2. The Balaban J connectivity index is 1.71. The van der Waals surface area contributed by atoms with Gasteiger partial charge < -0.3 is 69.8 Å². The van der Waals surface area contributed by atoms with Crippen LogP contribution in [-0.4, -0.2) is 253 Å². The van der Waals surface area contributed by atoms with Crippen LogP contribution >= 0.6 is 0 Å². The van der Waals surface area contributed by atoms with Crippen LogP contribution in [0.5, 0.6) is 5.75 Å². The molecule has 2 aromatic rings. The Bertz CT molecular complexity index is 3220. The predicted octanol–water partition coefficient (Wildman–Crippen LogP) is 5.65. The van der Waals surface area contributed by atoms with Gasteiger partial charge in [-0.2, -0.15) is 0 Å². The van der Waals surface area contributed by atoms with Crippen molar-refractivity contribution in [3.8, 4) is 5.75 Å². The topological polar surface area (TPSA) is 364 Å². The summed E-state index contributed by atoms with van der Waals surface area (Å²) in [5, 5.41) is 16.2. The number of amides is 6. The summed E-state index contributed by atoms with van der Waals surface area (Å²) in [5.74, 6) is -6.26. The van der Waals surface area contributed by atoms with Crippen LogP contribution in [0.4, 0.5) is 4.79 Å². The van der Waals surface area contributed by atoms with E-state index in [1.807, 2.05) is 37.8 Å². The third kappa shape index (κ3) is 44.1. The van der Waals surface area contributed by atoms with Gasteiger partial charge in [0.2, 0.25) is 17.7 Å². The van der Waals surface area contributed by atoms with Crippen LogP contribution in [0, 0.1) is 0 Å². The molecule has 1 heterocycles. The van der Waals surface area contributed by atoms with Crippen LogP contribution in [-0.2, 0) is 98.7 Å². The fourth-order valence-corrected chi connectivity index (χ4v) is 10.6. The number of esters is 7. The van der Waals surface area contributed by atoms with Gasteiger partial charge in [0, 0.05) is 78.2 Å². The summed E-state index contributed by atoms with van der Waals surface area (Å²) in [4.78, 5) is 169. The molecule has 6 amide bonds. The van der Waals surface area contributed by atoms with E-state index in [1.54, 1.807) is 182 Å². The molecule has 1 fully saturated rings. The van der Waals surface area contributed by atoms with E-state index < -0.39 is 148 Å². The first-order valence-electron chi connectivity index (χ1n) is 37.2. The Labute approximate surface area is 639 Å². The molecule has 6 N–H and O–H groups in total. The van der Waals surface area contributed by atoms with E-state index in [2.05, 4.69) is 31.9 Å².